The van der Waals surface area contributed by atoms with Gasteiger partial charge in [0, 0.05) is 0 Å². The van der Waals surface area contributed by atoms with Crippen molar-refractivity contribution in [1.29, 1.82) is 0 Å². The number of carbonyl (C=O) groups is 1. The van der Waals surface area contributed by atoms with Crippen molar-refractivity contribution in [3.63, 3.8) is 0 Å². The zero-order valence-corrected chi connectivity index (χ0v) is 19.8. The molecular formula is C26H30N2O3S. The van der Waals surface area contributed by atoms with Gasteiger partial charge in [-0.3, -0.25) is 9.10 Å². The molecule has 3 aromatic rings. The standard InChI is InChI=1S/C26H30N2O3S/c1-5-22-12-14-23(15-13-22)21(4)27-26(29)18-28(25-16-11-19(2)17-20(25)3)32(30,31)24-9-7-6-8-10-24/h6-17,21H,5,18H2,1-4H3,(H,27,29). The summed E-state index contributed by atoms with van der Waals surface area (Å²) in [6.45, 7) is 7.48. The van der Waals surface area contributed by atoms with Crippen molar-refractivity contribution >= 4 is 21.6 Å². The minimum absolute atomic E-state index is 0.149. The van der Waals surface area contributed by atoms with E-state index in [1.807, 2.05) is 57.2 Å². The molecule has 1 amide bonds. The van der Waals surface area contributed by atoms with Gasteiger partial charge >= 0.3 is 0 Å². The number of amides is 1. The molecule has 0 saturated heterocycles. The first kappa shape index (κ1) is 23.5. The van der Waals surface area contributed by atoms with Gasteiger partial charge in [0.2, 0.25) is 5.91 Å². The number of nitrogens with zero attached hydrogens (tertiary/aromatic N) is 1. The number of anilines is 1. The van der Waals surface area contributed by atoms with Gasteiger partial charge in [0.25, 0.3) is 10.0 Å². The van der Waals surface area contributed by atoms with Crippen LogP contribution >= 0.6 is 0 Å². The highest BCUT2D eigenvalue weighted by Crippen LogP contribution is 2.27. The fourth-order valence-electron chi connectivity index (χ4n) is 3.65. The molecule has 0 aliphatic rings. The Morgan fingerprint density at radius 1 is 0.969 bits per heavy atom. The van der Waals surface area contributed by atoms with Crippen LogP contribution < -0.4 is 9.62 Å². The van der Waals surface area contributed by atoms with Crippen LogP contribution in [0.25, 0.3) is 0 Å². The van der Waals surface area contributed by atoms with E-state index in [1.54, 1.807) is 36.4 Å². The summed E-state index contributed by atoms with van der Waals surface area (Å²) in [5, 5.41) is 2.94. The maximum absolute atomic E-state index is 13.5. The lowest BCUT2D eigenvalue weighted by atomic mass is 10.1. The number of carbonyl (C=O) groups excluding carboxylic acids is 1. The van der Waals surface area contributed by atoms with Crippen molar-refractivity contribution in [3.8, 4) is 0 Å². The Kier molecular flexibility index (Phi) is 7.36. The summed E-state index contributed by atoms with van der Waals surface area (Å²) < 4.78 is 28.1. The Hall–Kier alpha value is -3.12. The number of aryl methyl sites for hydroxylation is 3. The maximum Gasteiger partial charge on any atom is 0.264 e. The van der Waals surface area contributed by atoms with Crippen molar-refractivity contribution in [1.82, 2.24) is 5.32 Å². The van der Waals surface area contributed by atoms with E-state index in [1.165, 1.54) is 9.87 Å². The molecule has 1 atom stereocenters. The van der Waals surface area contributed by atoms with Gasteiger partial charge in [-0.25, -0.2) is 8.42 Å². The van der Waals surface area contributed by atoms with Gasteiger partial charge in [-0.2, -0.15) is 0 Å². The molecule has 0 heterocycles. The zero-order chi connectivity index (χ0) is 23.3. The first-order valence-electron chi connectivity index (χ1n) is 10.8. The number of hydrogen-bond donors (Lipinski definition) is 1. The number of hydrogen-bond acceptors (Lipinski definition) is 3. The highest BCUT2D eigenvalue weighted by molar-refractivity contribution is 7.92. The third-order valence-electron chi connectivity index (χ3n) is 5.50. The van der Waals surface area contributed by atoms with Crippen molar-refractivity contribution in [3.05, 3.63) is 95.1 Å². The first-order valence-corrected chi connectivity index (χ1v) is 12.2. The number of rotatable bonds is 8. The van der Waals surface area contributed by atoms with Crippen molar-refractivity contribution in [2.75, 3.05) is 10.8 Å². The molecule has 0 aromatic heterocycles. The Morgan fingerprint density at radius 2 is 1.62 bits per heavy atom. The second kappa shape index (κ2) is 10.0. The molecule has 32 heavy (non-hydrogen) atoms. The molecule has 0 aliphatic carbocycles. The van der Waals surface area contributed by atoms with Gasteiger partial charge in [-0.05, 0) is 62.1 Å². The molecule has 6 heteroatoms. The largest absolute Gasteiger partial charge is 0.348 e. The summed E-state index contributed by atoms with van der Waals surface area (Å²) in [4.78, 5) is 13.1. The molecule has 1 N–H and O–H groups in total. The third-order valence-corrected chi connectivity index (χ3v) is 7.28. The van der Waals surface area contributed by atoms with Crippen LogP contribution in [0.15, 0.2) is 77.7 Å². The molecular weight excluding hydrogens is 420 g/mol. The Labute approximate surface area is 191 Å². The normalized spacial score (nSPS) is 12.2. The smallest absolute Gasteiger partial charge is 0.264 e. The second-order valence-electron chi connectivity index (χ2n) is 8.00. The van der Waals surface area contributed by atoms with Crippen LogP contribution in [0.3, 0.4) is 0 Å². The Morgan fingerprint density at radius 3 is 2.22 bits per heavy atom. The number of sulfonamides is 1. The fourth-order valence-corrected chi connectivity index (χ4v) is 5.15. The summed E-state index contributed by atoms with van der Waals surface area (Å²) in [5.41, 5.74) is 4.51. The molecule has 0 fully saturated rings. The lowest BCUT2D eigenvalue weighted by molar-refractivity contribution is -0.120. The fraction of sp³-hybridized carbons (Fsp3) is 0.269. The number of nitrogens with one attached hydrogen (secondary N) is 1. The Balaban J connectivity index is 1.89. The van der Waals surface area contributed by atoms with Crippen LogP contribution in [0.2, 0.25) is 0 Å². The molecule has 3 rings (SSSR count). The summed E-state index contributed by atoms with van der Waals surface area (Å²) in [5.74, 6) is -0.364. The quantitative estimate of drug-likeness (QED) is 0.529. The molecule has 168 valence electrons. The third kappa shape index (κ3) is 5.37. The summed E-state index contributed by atoms with van der Waals surface area (Å²) in [7, 11) is -3.92. The minimum Gasteiger partial charge on any atom is -0.348 e. The van der Waals surface area contributed by atoms with E-state index in [9.17, 15) is 13.2 Å². The van der Waals surface area contributed by atoms with Crippen LogP contribution in [0.4, 0.5) is 5.69 Å². The van der Waals surface area contributed by atoms with Crippen molar-refractivity contribution in [2.24, 2.45) is 0 Å². The molecule has 1 unspecified atom stereocenters. The molecule has 0 radical (unpaired) electrons. The topological polar surface area (TPSA) is 66.5 Å². The van der Waals surface area contributed by atoms with Gasteiger partial charge in [-0.15, -0.1) is 0 Å². The average Bonchev–Trinajstić information content (AvgIpc) is 2.78. The summed E-state index contributed by atoms with van der Waals surface area (Å²) in [6.07, 6.45) is 0.948. The van der Waals surface area contributed by atoms with E-state index in [2.05, 4.69) is 12.2 Å². The SMILES string of the molecule is CCc1ccc(C(C)NC(=O)CN(c2ccc(C)cc2C)S(=O)(=O)c2ccccc2)cc1. The van der Waals surface area contributed by atoms with E-state index in [0.717, 1.165) is 23.1 Å². The summed E-state index contributed by atoms with van der Waals surface area (Å²) in [6, 6.07) is 21.6. The molecule has 0 aliphatic heterocycles. The average molecular weight is 451 g/mol. The van der Waals surface area contributed by atoms with Gasteiger partial charge in [-0.1, -0.05) is 67.1 Å². The lowest BCUT2D eigenvalue weighted by Gasteiger charge is -2.26. The second-order valence-corrected chi connectivity index (χ2v) is 9.86. The van der Waals surface area contributed by atoms with Crippen LogP contribution in [-0.2, 0) is 21.2 Å². The lowest BCUT2D eigenvalue weighted by Crippen LogP contribution is -2.41. The van der Waals surface area contributed by atoms with E-state index in [0.29, 0.717) is 5.69 Å². The monoisotopic (exact) mass is 450 g/mol. The van der Waals surface area contributed by atoms with E-state index < -0.39 is 10.0 Å². The van der Waals surface area contributed by atoms with Gasteiger partial charge < -0.3 is 5.32 Å². The van der Waals surface area contributed by atoms with Gasteiger partial charge in [0.15, 0.2) is 0 Å². The van der Waals surface area contributed by atoms with E-state index in [-0.39, 0.29) is 23.4 Å². The first-order chi connectivity index (χ1) is 15.2. The van der Waals surface area contributed by atoms with Crippen LogP contribution in [-0.4, -0.2) is 20.9 Å². The van der Waals surface area contributed by atoms with Crippen LogP contribution in [0.1, 0.15) is 42.1 Å². The van der Waals surface area contributed by atoms with Gasteiger partial charge in [0.05, 0.1) is 16.6 Å². The van der Waals surface area contributed by atoms with Crippen molar-refractivity contribution < 1.29 is 13.2 Å². The van der Waals surface area contributed by atoms with Crippen molar-refractivity contribution in [2.45, 2.75) is 45.1 Å². The zero-order valence-electron chi connectivity index (χ0n) is 19.0. The highest BCUT2D eigenvalue weighted by Gasteiger charge is 2.28. The molecule has 0 bridgehead atoms. The highest BCUT2D eigenvalue weighted by atomic mass is 32.2. The number of benzene rings is 3. The predicted molar refractivity (Wildman–Crippen MR) is 129 cm³/mol. The molecule has 0 saturated carbocycles. The predicted octanol–water partition coefficient (Wildman–Crippen LogP) is 4.94. The maximum atomic E-state index is 13.5. The minimum atomic E-state index is -3.92. The van der Waals surface area contributed by atoms with Crippen LogP contribution in [0, 0.1) is 13.8 Å². The van der Waals surface area contributed by atoms with E-state index >= 15 is 0 Å². The van der Waals surface area contributed by atoms with Crippen LogP contribution in [0.5, 0.6) is 0 Å². The molecule has 0 spiro atoms. The van der Waals surface area contributed by atoms with E-state index in [4.69, 9.17) is 0 Å². The summed E-state index contributed by atoms with van der Waals surface area (Å²) >= 11 is 0. The Bertz CT molecular complexity index is 1170. The molecule has 3 aromatic carbocycles. The van der Waals surface area contributed by atoms with Gasteiger partial charge in [0.1, 0.15) is 6.54 Å². The molecule has 5 nitrogen and oxygen atoms in total.